The minimum absolute atomic E-state index is 0.0250. The first kappa shape index (κ1) is 43.5. The van der Waals surface area contributed by atoms with Crippen LogP contribution in [0.2, 0.25) is 0 Å². The van der Waals surface area contributed by atoms with E-state index in [4.69, 9.17) is 4.42 Å². The number of likely N-dealkylation sites (tertiary alicyclic amines) is 1. The standard InChI is InChI=1S/C46H57F2N11O5/c1-55(19-4-20-57-21-16-30(17-22-57)33-5-3-6-36-41(33)56(2)46(63)59(36)37-13-14-39(60)53-44(37)62)25-29-9-11-32(12-10-29)58-26-34(40(54-58)42(47)48)51-43(61)35-27-64-45(52-35)31-15-18-49-38(23-31)50-24-28-7-8-28/h3,5-6,15,18,23,26-30,32,37,42H,4,7-14,16-17,19-22,24-25H2,1-2H3,(H,49,50)(H,51,61)(H,53,60,62). The van der Waals surface area contributed by atoms with Gasteiger partial charge >= 0.3 is 5.69 Å². The van der Waals surface area contributed by atoms with Gasteiger partial charge in [-0.1, -0.05) is 12.1 Å². The van der Waals surface area contributed by atoms with Crippen molar-refractivity contribution in [3.63, 3.8) is 0 Å². The molecular formula is C46H57F2N11O5. The molecule has 3 N–H and O–H groups in total. The van der Waals surface area contributed by atoms with Crippen molar-refractivity contribution in [3.8, 4) is 11.5 Å². The zero-order valence-corrected chi connectivity index (χ0v) is 36.5. The first-order valence-corrected chi connectivity index (χ1v) is 22.8. The highest BCUT2D eigenvalue weighted by Crippen LogP contribution is 2.37. The lowest BCUT2D eigenvalue weighted by Crippen LogP contribution is -2.44. The fraction of sp³-hybridized carbons (Fsp3) is 0.543. The zero-order valence-electron chi connectivity index (χ0n) is 36.5. The van der Waals surface area contributed by atoms with Crippen LogP contribution < -0.4 is 21.6 Å². The van der Waals surface area contributed by atoms with Crippen molar-refractivity contribution in [1.82, 2.24) is 44.0 Å². The van der Waals surface area contributed by atoms with Gasteiger partial charge in [0.25, 0.3) is 12.3 Å². The maximum atomic E-state index is 14.2. The van der Waals surface area contributed by atoms with E-state index in [1.54, 1.807) is 39.2 Å². The Morgan fingerprint density at radius 2 is 1.80 bits per heavy atom. The van der Waals surface area contributed by atoms with Crippen LogP contribution >= 0.6 is 0 Å². The molecule has 18 heteroatoms. The van der Waals surface area contributed by atoms with Gasteiger partial charge in [-0.15, -0.1) is 0 Å². The Balaban J connectivity index is 0.720. The highest BCUT2D eigenvalue weighted by molar-refractivity contribution is 6.03. The molecule has 2 aliphatic carbocycles. The molecule has 1 aromatic carbocycles. The number of amides is 3. The molecule has 340 valence electrons. The van der Waals surface area contributed by atoms with Gasteiger partial charge in [0.1, 0.15) is 18.1 Å². The number of fused-ring (bicyclic) bond motifs is 1. The number of hydrogen-bond acceptors (Lipinski definition) is 11. The number of hydrogen-bond donors (Lipinski definition) is 3. The van der Waals surface area contributed by atoms with E-state index in [1.807, 2.05) is 12.1 Å². The van der Waals surface area contributed by atoms with Crippen LogP contribution in [0.5, 0.6) is 0 Å². The fourth-order valence-electron chi connectivity index (χ4n) is 9.96. The molecule has 5 aromatic rings. The summed E-state index contributed by atoms with van der Waals surface area (Å²) < 4.78 is 38.8. The molecule has 16 nitrogen and oxygen atoms in total. The van der Waals surface area contributed by atoms with E-state index in [-0.39, 0.29) is 41.3 Å². The number of carbonyl (C=O) groups is 3. The van der Waals surface area contributed by atoms with Crippen LogP contribution in [0.15, 0.2) is 58.2 Å². The number of oxazole rings is 1. The number of anilines is 2. The minimum Gasteiger partial charge on any atom is -0.444 e. The Kier molecular flexibility index (Phi) is 12.8. The van der Waals surface area contributed by atoms with E-state index >= 15 is 0 Å². The molecule has 3 amide bonds. The third kappa shape index (κ3) is 9.53. The maximum Gasteiger partial charge on any atom is 0.329 e. The van der Waals surface area contributed by atoms with Gasteiger partial charge in [-0.05, 0) is 139 Å². The summed E-state index contributed by atoms with van der Waals surface area (Å²) in [5.74, 6) is 1.01. The molecule has 0 radical (unpaired) electrons. The third-order valence-electron chi connectivity index (χ3n) is 13.7. The van der Waals surface area contributed by atoms with Crippen molar-refractivity contribution in [2.24, 2.45) is 18.9 Å². The van der Waals surface area contributed by atoms with Gasteiger partial charge in [0.15, 0.2) is 11.4 Å². The smallest absolute Gasteiger partial charge is 0.329 e. The molecule has 4 aliphatic rings. The minimum atomic E-state index is -2.86. The predicted octanol–water partition coefficient (Wildman–Crippen LogP) is 6.51. The van der Waals surface area contributed by atoms with Crippen molar-refractivity contribution < 1.29 is 27.6 Å². The number of imide groups is 1. The van der Waals surface area contributed by atoms with E-state index in [9.17, 15) is 28.0 Å². The molecule has 9 rings (SSSR count). The summed E-state index contributed by atoms with van der Waals surface area (Å²) in [7, 11) is 3.93. The molecule has 1 atom stereocenters. The number of imidazole rings is 1. The quantitative estimate of drug-likeness (QED) is 0.0922. The highest BCUT2D eigenvalue weighted by atomic mass is 19.3. The van der Waals surface area contributed by atoms with E-state index in [1.165, 1.54) is 25.3 Å². The van der Waals surface area contributed by atoms with Crippen molar-refractivity contribution in [1.29, 1.82) is 0 Å². The normalized spacial score (nSPS) is 21.2. The van der Waals surface area contributed by atoms with Crippen LogP contribution in [-0.4, -0.2) is 103 Å². The molecular weight excluding hydrogens is 825 g/mol. The molecule has 1 unspecified atom stereocenters. The van der Waals surface area contributed by atoms with E-state index in [0.717, 1.165) is 101 Å². The third-order valence-corrected chi connectivity index (χ3v) is 13.7. The number of benzene rings is 1. The van der Waals surface area contributed by atoms with Gasteiger partial charge in [-0.3, -0.25) is 33.5 Å². The first-order chi connectivity index (χ1) is 31.0. The van der Waals surface area contributed by atoms with Crippen LogP contribution in [-0.2, 0) is 16.6 Å². The average molecular weight is 882 g/mol. The number of piperidine rings is 2. The number of para-hydroxylation sites is 1. The summed E-state index contributed by atoms with van der Waals surface area (Å²) in [6.45, 7) is 5.73. The predicted molar refractivity (Wildman–Crippen MR) is 236 cm³/mol. The summed E-state index contributed by atoms with van der Waals surface area (Å²) >= 11 is 0. The number of carbonyl (C=O) groups excluding carboxylic acids is 3. The molecule has 6 heterocycles. The number of rotatable bonds is 16. The Morgan fingerprint density at radius 1 is 1.02 bits per heavy atom. The highest BCUT2D eigenvalue weighted by Gasteiger charge is 2.33. The molecule has 4 aromatic heterocycles. The van der Waals surface area contributed by atoms with Gasteiger partial charge in [-0.2, -0.15) is 5.10 Å². The van der Waals surface area contributed by atoms with E-state index in [2.05, 4.69) is 53.9 Å². The van der Waals surface area contributed by atoms with Crippen LogP contribution in [0.4, 0.5) is 20.3 Å². The topological polar surface area (TPSA) is 177 Å². The average Bonchev–Trinajstić information content (AvgIpc) is 3.70. The number of alkyl halides is 2. The van der Waals surface area contributed by atoms with Gasteiger partial charge in [0.2, 0.25) is 17.7 Å². The van der Waals surface area contributed by atoms with Crippen LogP contribution in [0, 0.1) is 11.8 Å². The van der Waals surface area contributed by atoms with Gasteiger partial charge in [0.05, 0.1) is 22.8 Å². The molecule has 4 fully saturated rings. The van der Waals surface area contributed by atoms with Gasteiger partial charge in [0, 0.05) is 44.5 Å². The molecule has 2 saturated heterocycles. The zero-order chi connectivity index (χ0) is 44.5. The van der Waals surface area contributed by atoms with Crippen LogP contribution in [0.1, 0.15) is 117 Å². The Morgan fingerprint density at radius 3 is 2.55 bits per heavy atom. The van der Waals surface area contributed by atoms with Crippen LogP contribution in [0.25, 0.3) is 22.5 Å². The molecule has 2 aliphatic heterocycles. The van der Waals surface area contributed by atoms with E-state index in [0.29, 0.717) is 35.6 Å². The lowest BCUT2D eigenvalue weighted by molar-refractivity contribution is -0.135. The van der Waals surface area contributed by atoms with Crippen molar-refractivity contribution >= 4 is 40.3 Å². The lowest BCUT2D eigenvalue weighted by atomic mass is 9.86. The molecule has 64 heavy (non-hydrogen) atoms. The SMILES string of the molecule is CN(CCCN1CCC(c2cccc3c2n(C)c(=O)n3C2CCC(=O)NC2=O)CC1)CC1CCC(n2cc(NC(=O)c3coc(-c4ccnc(NCC5CC5)c4)n3)c(C(F)F)n2)CC1. The van der Waals surface area contributed by atoms with Crippen LogP contribution in [0.3, 0.4) is 0 Å². The van der Waals surface area contributed by atoms with Gasteiger partial charge in [-0.25, -0.2) is 23.5 Å². The second kappa shape index (κ2) is 18.8. The monoisotopic (exact) mass is 881 g/mol. The summed E-state index contributed by atoms with van der Waals surface area (Å²) in [5.41, 5.74) is 2.63. The Bertz CT molecular complexity index is 2540. The molecule has 0 bridgehead atoms. The van der Waals surface area contributed by atoms with Crippen molar-refractivity contribution in [2.45, 2.75) is 95.1 Å². The number of halogens is 2. The van der Waals surface area contributed by atoms with Gasteiger partial charge < -0.3 is 24.9 Å². The number of pyridine rings is 1. The second-order valence-corrected chi connectivity index (χ2v) is 18.3. The Hall–Kier alpha value is -5.75. The largest absolute Gasteiger partial charge is 0.444 e. The second-order valence-electron chi connectivity index (χ2n) is 18.3. The van der Waals surface area contributed by atoms with Crippen molar-refractivity contribution in [3.05, 3.63) is 76.4 Å². The fourth-order valence-corrected chi connectivity index (χ4v) is 9.96. The number of nitrogens with zero attached hydrogens (tertiary/aromatic N) is 8. The molecule has 0 spiro atoms. The van der Waals surface area contributed by atoms with E-state index < -0.39 is 30.0 Å². The Labute approximate surface area is 369 Å². The first-order valence-electron chi connectivity index (χ1n) is 22.8. The summed E-state index contributed by atoms with van der Waals surface area (Å²) in [6, 6.07) is 8.78. The van der Waals surface area contributed by atoms with Crippen molar-refractivity contribution in [2.75, 3.05) is 56.9 Å². The molecule has 2 saturated carbocycles. The lowest BCUT2D eigenvalue weighted by Gasteiger charge is -2.34. The maximum absolute atomic E-state index is 14.2. The summed E-state index contributed by atoms with van der Waals surface area (Å²) in [4.78, 5) is 64.7. The number of aromatic nitrogens is 6. The number of aryl methyl sites for hydroxylation is 1. The number of nitrogens with one attached hydrogen (secondary N) is 3. The summed E-state index contributed by atoms with van der Waals surface area (Å²) in [5, 5.41) is 12.6. The summed E-state index contributed by atoms with van der Waals surface area (Å²) in [6.07, 6.45) is 11.0.